The molecule has 1 aliphatic rings. The molecule has 2 aromatic rings. The molecule has 0 radical (unpaired) electrons. The Morgan fingerprint density at radius 2 is 2.32 bits per heavy atom. The highest BCUT2D eigenvalue weighted by Crippen LogP contribution is 2.30. The Labute approximate surface area is 111 Å². The highest BCUT2D eigenvalue weighted by molar-refractivity contribution is 6.52. The van der Waals surface area contributed by atoms with Gasteiger partial charge < -0.3 is 10.4 Å². The molecule has 7 heteroatoms. The molecule has 1 aliphatic heterocycles. The Kier molecular flexibility index (Phi) is 3.39. The lowest BCUT2D eigenvalue weighted by Gasteiger charge is -2.26. The number of aromatic amines is 1. The fourth-order valence-electron chi connectivity index (χ4n) is 2.93. The molecule has 0 unspecified atom stereocenters. The monoisotopic (exact) mass is 260 g/mol. The van der Waals surface area contributed by atoms with E-state index < -0.39 is 0 Å². The van der Waals surface area contributed by atoms with Gasteiger partial charge in [0.15, 0.2) is 5.65 Å². The van der Waals surface area contributed by atoms with E-state index in [1.165, 1.54) is 0 Å². The molecule has 0 saturated carbocycles. The molecule has 1 saturated heterocycles. The quantitative estimate of drug-likeness (QED) is 0.636. The maximum absolute atomic E-state index is 12.1. The number of hydrogen-bond acceptors (Lipinski definition) is 4. The Balaban J connectivity index is 1.86. The van der Waals surface area contributed by atoms with E-state index in [0.717, 1.165) is 31.0 Å². The highest BCUT2D eigenvalue weighted by Gasteiger charge is 2.28. The van der Waals surface area contributed by atoms with E-state index in [-0.39, 0.29) is 25.4 Å². The number of H-pyrrole nitrogens is 1. The molecule has 3 N–H and O–H groups in total. The summed E-state index contributed by atoms with van der Waals surface area (Å²) in [5.74, 6) is 0. The third-order valence-corrected chi connectivity index (χ3v) is 3.83. The van der Waals surface area contributed by atoms with Crippen molar-refractivity contribution in [3.05, 3.63) is 28.8 Å². The van der Waals surface area contributed by atoms with Gasteiger partial charge in [0.1, 0.15) is 0 Å². The Morgan fingerprint density at radius 1 is 1.53 bits per heavy atom. The first-order chi connectivity index (χ1) is 9.29. The molecule has 0 aliphatic carbocycles. The van der Waals surface area contributed by atoms with Crippen LogP contribution in [-0.2, 0) is 4.65 Å². The fourth-order valence-corrected chi connectivity index (χ4v) is 2.93. The van der Waals surface area contributed by atoms with Crippen molar-refractivity contribution in [3.8, 4) is 0 Å². The fraction of sp³-hybridized carbons (Fsp3) is 0.500. The minimum Gasteiger partial charge on any atom is -0.424 e. The number of hydrogen-bond donors (Lipinski definition) is 2. The predicted molar refractivity (Wildman–Crippen MR) is 74.1 cm³/mol. The number of nitrogens with two attached hydrogens (primary N) is 1. The van der Waals surface area contributed by atoms with Crippen molar-refractivity contribution in [1.29, 1.82) is 0 Å². The summed E-state index contributed by atoms with van der Waals surface area (Å²) in [6, 6.07) is 4.01. The summed E-state index contributed by atoms with van der Waals surface area (Å²) in [6.45, 7) is 0.506. The van der Waals surface area contributed by atoms with Crippen LogP contribution in [0.15, 0.2) is 23.1 Å². The molecule has 0 amide bonds. The third kappa shape index (κ3) is 2.31. The number of nitrogens with zero attached hydrogens (tertiary/aromatic N) is 2. The number of nitrogens with one attached hydrogen (secondary N) is 1. The summed E-state index contributed by atoms with van der Waals surface area (Å²) in [7, 11) is 0. The maximum Gasteiger partial charge on any atom is 0.327 e. The summed E-state index contributed by atoms with van der Waals surface area (Å²) in [5, 5.41) is 0. The summed E-state index contributed by atoms with van der Waals surface area (Å²) in [5.41, 5.74) is 6.87. The number of pyridine rings is 1. The lowest BCUT2D eigenvalue weighted by atomic mass is 9.55. The van der Waals surface area contributed by atoms with Crippen molar-refractivity contribution in [2.24, 2.45) is 5.73 Å². The zero-order valence-electron chi connectivity index (χ0n) is 10.7. The van der Waals surface area contributed by atoms with Gasteiger partial charge in [0, 0.05) is 12.2 Å². The number of rotatable bonds is 3. The van der Waals surface area contributed by atoms with E-state index in [1.54, 1.807) is 6.20 Å². The standard InChI is InChI=1S/C12H17BN4O2/c14-8-19-13-5-3-9(4-6-13)17-10-2-1-7-15-11(10)16-12(17)18/h1-2,7,9H,3-6,8,14H2,(H,15,16,18). The molecule has 19 heavy (non-hydrogen) atoms. The SMILES string of the molecule is NCOB1CCC(n2c(=O)[nH]c3ncccc32)CC1. The summed E-state index contributed by atoms with van der Waals surface area (Å²) < 4.78 is 7.27. The zero-order valence-corrected chi connectivity index (χ0v) is 10.7. The number of aromatic nitrogens is 3. The van der Waals surface area contributed by atoms with Gasteiger partial charge in [-0.1, -0.05) is 0 Å². The van der Waals surface area contributed by atoms with Gasteiger partial charge in [0.2, 0.25) is 0 Å². The van der Waals surface area contributed by atoms with Crippen LogP contribution in [0.1, 0.15) is 18.9 Å². The normalized spacial score (nSPS) is 17.2. The van der Waals surface area contributed by atoms with Crippen LogP contribution in [0.2, 0.25) is 12.6 Å². The number of fused-ring (bicyclic) bond motifs is 1. The third-order valence-electron chi connectivity index (χ3n) is 3.83. The highest BCUT2D eigenvalue weighted by atomic mass is 16.4. The summed E-state index contributed by atoms with van der Waals surface area (Å²) in [4.78, 5) is 19.1. The van der Waals surface area contributed by atoms with Gasteiger partial charge in [0.25, 0.3) is 6.92 Å². The topological polar surface area (TPSA) is 85.9 Å². The van der Waals surface area contributed by atoms with Crippen LogP contribution in [0.5, 0.6) is 0 Å². The molecule has 3 rings (SSSR count). The second kappa shape index (κ2) is 5.18. The van der Waals surface area contributed by atoms with E-state index in [2.05, 4.69) is 9.97 Å². The van der Waals surface area contributed by atoms with Crippen LogP contribution in [-0.4, -0.2) is 28.2 Å². The Bertz CT molecular complexity index is 615. The summed E-state index contributed by atoms with van der Waals surface area (Å²) >= 11 is 0. The number of imidazole rings is 1. The van der Waals surface area contributed by atoms with Gasteiger partial charge in [-0.15, -0.1) is 0 Å². The van der Waals surface area contributed by atoms with Crippen molar-refractivity contribution in [2.45, 2.75) is 31.5 Å². The first-order valence-electron chi connectivity index (χ1n) is 6.66. The Morgan fingerprint density at radius 3 is 3.05 bits per heavy atom. The van der Waals surface area contributed by atoms with E-state index in [9.17, 15) is 4.79 Å². The Hall–Kier alpha value is -1.60. The van der Waals surface area contributed by atoms with Gasteiger partial charge in [-0.25, -0.2) is 9.78 Å². The molecule has 100 valence electrons. The molecule has 1 fully saturated rings. The molecule has 0 spiro atoms. The van der Waals surface area contributed by atoms with Crippen molar-refractivity contribution < 1.29 is 4.65 Å². The second-order valence-electron chi connectivity index (χ2n) is 4.94. The first-order valence-corrected chi connectivity index (χ1v) is 6.66. The van der Waals surface area contributed by atoms with Gasteiger partial charge in [-0.3, -0.25) is 9.55 Å². The maximum atomic E-state index is 12.1. The zero-order chi connectivity index (χ0) is 13.2. The van der Waals surface area contributed by atoms with Crippen LogP contribution in [0, 0.1) is 0 Å². The van der Waals surface area contributed by atoms with E-state index in [0.29, 0.717) is 5.65 Å². The average Bonchev–Trinajstić information content (AvgIpc) is 2.76. The minimum absolute atomic E-state index is 0.0723. The van der Waals surface area contributed by atoms with Crippen molar-refractivity contribution >= 4 is 18.1 Å². The molecular weight excluding hydrogens is 243 g/mol. The van der Waals surface area contributed by atoms with Crippen molar-refractivity contribution in [3.63, 3.8) is 0 Å². The van der Waals surface area contributed by atoms with Gasteiger partial charge in [-0.2, -0.15) is 0 Å². The molecule has 0 aromatic carbocycles. The molecule has 0 atom stereocenters. The lowest BCUT2D eigenvalue weighted by molar-refractivity contribution is 0.311. The van der Waals surface area contributed by atoms with Gasteiger partial charge in [0.05, 0.1) is 12.2 Å². The lowest BCUT2D eigenvalue weighted by Crippen LogP contribution is -2.31. The van der Waals surface area contributed by atoms with Crippen LogP contribution >= 0.6 is 0 Å². The predicted octanol–water partition coefficient (Wildman–Crippen LogP) is 0.984. The smallest absolute Gasteiger partial charge is 0.327 e. The minimum atomic E-state index is -0.0723. The van der Waals surface area contributed by atoms with E-state index in [1.807, 2.05) is 16.7 Å². The van der Waals surface area contributed by atoms with Crippen LogP contribution in [0.3, 0.4) is 0 Å². The van der Waals surface area contributed by atoms with Crippen LogP contribution in [0.25, 0.3) is 11.2 Å². The van der Waals surface area contributed by atoms with Crippen LogP contribution in [0.4, 0.5) is 0 Å². The van der Waals surface area contributed by atoms with Gasteiger partial charge in [-0.05, 0) is 37.6 Å². The van der Waals surface area contributed by atoms with Crippen molar-refractivity contribution in [1.82, 2.24) is 14.5 Å². The van der Waals surface area contributed by atoms with Crippen molar-refractivity contribution in [2.75, 3.05) is 6.73 Å². The molecular formula is C12H17BN4O2. The molecule has 0 bridgehead atoms. The second-order valence-corrected chi connectivity index (χ2v) is 4.94. The van der Waals surface area contributed by atoms with Crippen LogP contribution < -0.4 is 11.4 Å². The van der Waals surface area contributed by atoms with E-state index >= 15 is 0 Å². The molecule has 3 heterocycles. The average molecular weight is 260 g/mol. The largest absolute Gasteiger partial charge is 0.424 e. The van der Waals surface area contributed by atoms with E-state index in [4.69, 9.17) is 10.4 Å². The summed E-state index contributed by atoms with van der Waals surface area (Å²) in [6.07, 6.45) is 5.45. The molecule has 6 nitrogen and oxygen atoms in total. The molecule has 2 aromatic heterocycles. The first kappa shape index (κ1) is 12.4. The van der Waals surface area contributed by atoms with Gasteiger partial charge >= 0.3 is 5.69 Å².